The first-order valence-corrected chi connectivity index (χ1v) is 9.02. The zero-order chi connectivity index (χ0) is 15.8. The summed E-state index contributed by atoms with van der Waals surface area (Å²) < 4.78 is 0. The second kappa shape index (κ2) is 6.25. The number of nitrogens with zero attached hydrogens (tertiary/aromatic N) is 2. The van der Waals surface area contributed by atoms with Crippen LogP contribution < -0.4 is 5.32 Å². The van der Waals surface area contributed by atoms with Gasteiger partial charge in [-0.3, -0.25) is 14.6 Å². The van der Waals surface area contributed by atoms with Gasteiger partial charge in [-0.25, -0.2) is 0 Å². The van der Waals surface area contributed by atoms with Gasteiger partial charge in [-0.1, -0.05) is 24.6 Å². The molecule has 4 heteroatoms. The van der Waals surface area contributed by atoms with E-state index in [-0.39, 0.29) is 5.91 Å². The van der Waals surface area contributed by atoms with Crippen LogP contribution >= 0.6 is 0 Å². The van der Waals surface area contributed by atoms with Gasteiger partial charge < -0.3 is 5.32 Å². The average molecular weight is 313 g/mol. The highest BCUT2D eigenvalue weighted by Gasteiger charge is 2.46. The number of fused-ring (bicyclic) bond motifs is 3. The summed E-state index contributed by atoms with van der Waals surface area (Å²) in [5.41, 5.74) is 2.21. The van der Waals surface area contributed by atoms with Crippen molar-refractivity contribution in [2.45, 2.75) is 38.8 Å². The van der Waals surface area contributed by atoms with E-state index in [2.05, 4.69) is 27.2 Å². The Labute approximate surface area is 138 Å². The summed E-state index contributed by atoms with van der Waals surface area (Å²) in [6.45, 7) is 7.60. The van der Waals surface area contributed by atoms with Gasteiger partial charge in [0, 0.05) is 44.8 Å². The van der Waals surface area contributed by atoms with Crippen LogP contribution in [0.5, 0.6) is 0 Å². The van der Waals surface area contributed by atoms with E-state index >= 15 is 0 Å². The Bertz CT molecular complexity index is 588. The van der Waals surface area contributed by atoms with E-state index in [9.17, 15) is 4.79 Å². The average Bonchev–Trinajstić information content (AvgIpc) is 3.06. The summed E-state index contributed by atoms with van der Waals surface area (Å²) in [6.07, 6.45) is 4.21. The molecule has 3 atom stereocenters. The number of rotatable bonds is 3. The van der Waals surface area contributed by atoms with E-state index < -0.39 is 0 Å². The summed E-state index contributed by atoms with van der Waals surface area (Å²) >= 11 is 0. The van der Waals surface area contributed by atoms with E-state index in [0.29, 0.717) is 0 Å². The highest BCUT2D eigenvalue weighted by molar-refractivity contribution is 5.89. The lowest BCUT2D eigenvalue weighted by atomic mass is 9.90. The molecule has 0 saturated carbocycles. The van der Waals surface area contributed by atoms with E-state index in [4.69, 9.17) is 0 Å². The number of amides is 1. The van der Waals surface area contributed by atoms with Crippen molar-refractivity contribution in [3.8, 4) is 0 Å². The molecule has 0 bridgehead atoms. The second-order valence-corrected chi connectivity index (χ2v) is 7.51. The molecule has 4 rings (SSSR count). The molecule has 1 amide bonds. The molecule has 0 unspecified atom stereocenters. The van der Waals surface area contributed by atoms with Crippen LogP contribution in [-0.2, 0) is 11.3 Å². The lowest BCUT2D eigenvalue weighted by Gasteiger charge is -2.33. The molecule has 0 radical (unpaired) electrons. The van der Waals surface area contributed by atoms with Gasteiger partial charge in [0.15, 0.2) is 0 Å². The first-order chi connectivity index (χ1) is 11.2. The molecule has 23 heavy (non-hydrogen) atoms. The number of hydrogen-bond donors (Lipinski definition) is 1. The van der Waals surface area contributed by atoms with Gasteiger partial charge in [0.1, 0.15) is 0 Å². The van der Waals surface area contributed by atoms with Crippen LogP contribution in [0.25, 0.3) is 0 Å². The van der Waals surface area contributed by atoms with Crippen LogP contribution in [0.2, 0.25) is 0 Å². The molecule has 3 aliphatic rings. The minimum Gasteiger partial charge on any atom is -0.326 e. The third-order valence-corrected chi connectivity index (χ3v) is 5.92. The molecule has 3 heterocycles. The van der Waals surface area contributed by atoms with Crippen molar-refractivity contribution in [2.24, 2.45) is 11.8 Å². The SMILES string of the molecule is CC(=O)Nc1ccccc1CN1C[C@@H]2CN3CCCC[C@H]3[C@H]2C1. The molecule has 0 spiro atoms. The predicted molar refractivity (Wildman–Crippen MR) is 92.2 cm³/mol. The maximum Gasteiger partial charge on any atom is 0.221 e. The van der Waals surface area contributed by atoms with Crippen molar-refractivity contribution >= 4 is 11.6 Å². The van der Waals surface area contributed by atoms with E-state index in [1.165, 1.54) is 51.0 Å². The molecule has 0 aliphatic carbocycles. The summed E-state index contributed by atoms with van der Waals surface area (Å²) in [5.74, 6) is 1.72. The molecule has 0 aromatic heterocycles. The van der Waals surface area contributed by atoms with E-state index in [1.54, 1.807) is 6.92 Å². The van der Waals surface area contributed by atoms with Crippen LogP contribution in [0, 0.1) is 11.8 Å². The molecule has 3 saturated heterocycles. The minimum absolute atomic E-state index is 0.00795. The highest BCUT2D eigenvalue weighted by atomic mass is 16.1. The van der Waals surface area contributed by atoms with Gasteiger partial charge in [-0.05, 0) is 42.9 Å². The van der Waals surface area contributed by atoms with Crippen LogP contribution in [-0.4, -0.2) is 47.9 Å². The largest absolute Gasteiger partial charge is 0.326 e. The van der Waals surface area contributed by atoms with Crippen molar-refractivity contribution in [1.82, 2.24) is 9.80 Å². The Morgan fingerprint density at radius 2 is 2.09 bits per heavy atom. The third kappa shape index (κ3) is 3.02. The molecule has 1 aromatic rings. The smallest absolute Gasteiger partial charge is 0.221 e. The van der Waals surface area contributed by atoms with E-state index in [0.717, 1.165) is 30.1 Å². The normalized spacial score (nSPS) is 30.9. The molecular formula is C19H27N3O. The van der Waals surface area contributed by atoms with Crippen LogP contribution in [0.3, 0.4) is 0 Å². The highest BCUT2D eigenvalue weighted by Crippen LogP contribution is 2.40. The molecule has 124 valence electrons. The summed E-state index contributed by atoms with van der Waals surface area (Å²) in [6, 6.07) is 9.06. The second-order valence-electron chi connectivity index (χ2n) is 7.51. The lowest BCUT2D eigenvalue weighted by molar-refractivity contribution is -0.114. The van der Waals surface area contributed by atoms with Gasteiger partial charge >= 0.3 is 0 Å². The number of carbonyl (C=O) groups is 1. The van der Waals surface area contributed by atoms with Gasteiger partial charge in [0.25, 0.3) is 0 Å². The zero-order valence-electron chi connectivity index (χ0n) is 14.0. The van der Waals surface area contributed by atoms with Crippen molar-refractivity contribution < 1.29 is 4.79 Å². The topological polar surface area (TPSA) is 35.6 Å². The van der Waals surface area contributed by atoms with Crippen LogP contribution in [0.15, 0.2) is 24.3 Å². The predicted octanol–water partition coefficient (Wildman–Crippen LogP) is 2.56. The minimum atomic E-state index is 0.00795. The van der Waals surface area contributed by atoms with Crippen molar-refractivity contribution in [2.75, 3.05) is 31.5 Å². The number of nitrogens with one attached hydrogen (secondary N) is 1. The first-order valence-electron chi connectivity index (χ1n) is 9.02. The first kappa shape index (κ1) is 15.2. The fourth-order valence-corrected chi connectivity index (χ4v) is 4.99. The Hall–Kier alpha value is -1.39. The number of benzene rings is 1. The number of para-hydroxylation sites is 1. The fraction of sp³-hybridized carbons (Fsp3) is 0.632. The van der Waals surface area contributed by atoms with Gasteiger partial charge in [0.05, 0.1) is 0 Å². The molecule has 3 fully saturated rings. The Kier molecular flexibility index (Phi) is 4.12. The summed E-state index contributed by atoms with van der Waals surface area (Å²) in [5, 5.41) is 2.97. The standard InChI is InChI=1S/C19H27N3O/c1-14(23)20-18-7-3-2-6-15(18)10-21-11-16-12-22-9-5-4-8-19(22)17(16)13-21/h2-3,6-7,16-17,19H,4-5,8-13H2,1H3,(H,20,23)/t16-,17+,19+/m1/s1. The number of hydrogen-bond acceptors (Lipinski definition) is 3. The fourth-order valence-electron chi connectivity index (χ4n) is 4.99. The number of carbonyl (C=O) groups excluding carboxylic acids is 1. The van der Waals surface area contributed by atoms with Gasteiger partial charge in [-0.2, -0.15) is 0 Å². The molecule has 1 N–H and O–H groups in total. The monoisotopic (exact) mass is 313 g/mol. The lowest BCUT2D eigenvalue weighted by Crippen LogP contribution is -2.39. The van der Waals surface area contributed by atoms with Crippen molar-refractivity contribution in [3.63, 3.8) is 0 Å². The van der Waals surface area contributed by atoms with Crippen molar-refractivity contribution in [1.29, 1.82) is 0 Å². The maximum absolute atomic E-state index is 11.4. The Morgan fingerprint density at radius 3 is 2.96 bits per heavy atom. The number of piperidine rings is 1. The van der Waals surface area contributed by atoms with Crippen LogP contribution in [0.4, 0.5) is 5.69 Å². The van der Waals surface area contributed by atoms with E-state index in [1.807, 2.05) is 12.1 Å². The van der Waals surface area contributed by atoms with Crippen molar-refractivity contribution in [3.05, 3.63) is 29.8 Å². The molecule has 1 aromatic carbocycles. The Balaban J connectivity index is 1.43. The van der Waals surface area contributed by atoms with Crippen LogP contribution in [0.1, 0.15) is 31.7 Å². The number of likely N-dealkylation sites (tertiary alicyclic amines) is 1. The molecular weight excluding hydrogens is 286 g/mol. The molecule has 3 aliphatic heterocycles. The maximum atomic E-state index is 11.4. The zero-order valence-corrected chi connectivity index (χ0v) is 14.0. The summed E-state index contributed by atoms with van der Waals surface area (Å²) in [4.78, 5) is 16.7. The summed E-state index contributed by atoms with van der Waals surface area (Å²) in [7, 11) is 0. The quantitative estimate of drug-likeness (QED) is 0.931. The third-order valence-electron chi connectivity index (χ3n) is 5.92. The van der Waals surface area contributed by atoms with Gasteiger partial charge in [0.2, 0.25) is 5.91 Å². The molecule has 4 nitrogen and oxygen atoms in total. The van der Waals surface area contributed by atoms with Gasteiger partial charge in [-0.15, -0.1) is 0 Å². The Morgan fingerprint density at radius 1 is 1.22 bits per heavy atom. The number of anilines is 1.